The quantitative estimate of drug-likeness (QED) is 0.244. The number of benzene rings is 3. The highest BCUT2D eigenvalue weighted by Gasteiger charge is 2.33. The molecule has 10 heteroatoms. The van der Waals surface area contributed by atoms with Crippen LogP contribution in [0.5, 0.6) is 5.75 Å². The molecule has 3 aromatic carbocycles. The van der Waals surface area contributed by atoms with E-state index in [0.29, 0.717) is 23.7 Å². The molecule has 0 bridgehead atoms. The van der Waals surface area contributed by atoms with Crippen LogP contribution in [0.3, 0.4) is 0 Å². The summed E-state index contributed by atoms with van der Waals surface area (Å²) in [4.78, 5) is 28.8. The van der Waals surface area contributed by atoms with Gasteiger partial charge in [0.15, 0.2) is 0 Å². The number of carbonyl (C=O) groups is 2. The second kappa shape index (κ2) is 14.9. The summed E-state index contributed by atoms with van der Waals surface area (Å²) in [6.07, 6.45) is 2.08. The SMILES string of the molecule is CCCCNC(=O)[C@@H](CC)N(Cc1ccc(OC)cc1)C(=O)CN(c1ccc(Cl)cc1)S(=O)(=O)c1ccc(C)cc1. The van der Waals surface area contributed by atoms with Crippen LogP contribution in [0.25, 0.3) is 0 Å². The molecular formula is C31H38ClN3O5S. The van der Waals surface area contributed by atoms with Gasteiger partial charge in [-0.3, -0.25) is 13.9 Å². The lowest BCUT2D eigenvalue weighted by atomic mass is 10.1. The fourth-order valence-corrected chi connectivity index (χ4v) is 5.87. The van der Waals surface area contributed by atoms with Gasteiger partial charge in [-0.25, -0.2) is 8.42 Å². The summed E-state index contributed by atoms with van der Waals surface area (Å²) in [6.45, 7) is 5.83. The molecule has 1 atom stereocenters. The smallest absolute Gasteiger partial charge is 0.264 e. The predicted molar refractivity (Wildman–Crippen MR) is 163 cm³/mol. The maximum atomic E-state index is 14.1. The van der Waals surface area contributed by atoms with E-state index >= 15 is 0 Å². The Balaban J connectivity index is 2.02. The summed E-state index contributed by atoms with van der Waals surface area (Å²) in [5.74, 6) is -0.125. The number of rotatable bonds is 14. The van der Waals surface area contributed by atoms with Gasteiger partial charge >= 0.3 is 0 Å². The van der Waals surface area contributed by atoms with Crippen molar-refractivity contribution in [1.82, 2.24) is 10.2 Å². The van der Waals surface area contributed by atoms with E-state index in [4.69, 9.17) is 16.3 Å². The zero-order valence-corrected chi connectivity index (χ0v) is 25.5. The molecule has 3 rings (SSSR count). The number of hydrogen-bond donors (Lipinski definition) is 1. The van der Waals surface area contributed by atoms with E-state index in [-0.39, 0.29) is 23.0 Å². The molecule has 2 amide bonds. The van der Waals surface area contributed by atoms with Gasteiger partial charge < -0.3 is 15.0 Å². The number of aryl methyl sites for hydroxylation is 1. The van der Waals surface area contributed by atoms with Crippen LogP contribution in [0.4, 0.5) is 5.69 Å². The predicted octanol–water partition coefficient (Wildman–Crippen LogP) is 5.58. The number of sulfonamides is 1. The fourth-order valence-electron chi connectivity index (χ4n) is 4.33. The van der Waals surface area contributed by atoms with E-state index in [1.165, 1.54) is 17.0 Å². The van der Waals surface area contributed by atoms with Crippen molar-refractivity contribution in [3.63, 3.8) is 0 Å². The van der Waals surface area contributed by atoms with Gasteiger partial charge in [-0.15, -0.1) is 0 Å². The molecule has 0 aliphatic rings. The number of methoxy groups -OCH3 is 1. The molecule has 0 unspecified atom stereocenters. The molecule has 220 valence electrons. The summed E-state index contributed by atoms with van der Waals surface area (Å²) in [5, 5.41) is 3.36. The standard InChI is InChI=1S/C31H38ClN3O5S/c1-5-7-20-33-31(37)29(6-2)34(21-24-10-16-27(40-4)17-11-24)30(36)22-35(26-14-12-25(32)13-15-26)41(38,39)28-18-8-23(3)9-19-28/h8-19,29H,5-7,20-22H2,1-4H3,(H,33,37)/t29-/m1/s1. The zero-order valence-electron chi connectivity index (χ0n) is 24.0. The molecule has 0 radical (unpaired) electrons. The molecule has 41 heavy (non-hydrogen) atoms. The van der Waals surface area contributed by atoms with E-state index in [1.807, 2.05) is 32.9 Å². The Morgan fingerprint density at radius 3 is 2.15 bits per heavy atom. The summed E-state index contributed by atoms with van der Waals surface area (Å²) >= 11 is 6.08. The van der Waals surface area contributed by atoms with E-state index in [0.717, 1.165) is 28.3 Å². The Labute approximate surface area is 248 Å². The number of nitrogens with one attached hydrogen (secondary N) is 1. The number of nitrogens with zero attached hydrogens (tertiary/aromatic N) is 2. The molecule has 0 saturated carbocycles. The second-order valence-electron chi connectivity index (χ2n) is 9.74. The van der Waals surface area contributed by atoms with Crippen molar-refractivity contribution in [2.45, 2.75) is 57.5 Å². The Morgan fingerprint density at radius 1 is 0.951 bits per heavy atom. The fraction of sp³-hybridized carbons (Fsp3) is 0.355. The van der Waals surface area contributed by atoms with E-state index in [1.54, 1.807) is 55.6 Å². The van der Waals surface area contributed by atoms with E-state index in [2.05, 4.69) is 5.32 Å². The van der Waals surface area contributed by atoms with Gasteiger partial charge in [-0.1, -0.05) is 61.7 Å². The van der Waals surface area contributed by atoms with Crippen LogP contribution in [0.2, 0.25) is 5.02 Å². The number of carbonyl (C=O) groups excluding carboxylic acids is 2. The third-order valence-corrected chi connectivity index (χ3v) is 8.77. The molecule has 0 fully saturated rings. The normalized spacial score (nSPS) is 11.9. The molecule has 1 N–H and O–H groups in total. The van der Waals surface area contributed by atoms with Gasteiger partial charge in [0.1, 0.15) is 18.3 Å². The Bertz CT molecular complexity index is 1400. The Hall–Kier alpha value is -3.56. The average Bonchev–Trinajstić information content (AvgIpc) is 2.97. The van der Waals surface area contributed by atoms with Gasteiger partial charge in [-0.05, 0) is 73.9 Å². The van der Waals surface area contributed by atoms with Crippen LogP contribution >= 0.6 is 11.6 Å². The number of amides is 2. The highest BCUT2D eigenvalue weighted by Crippen LogP contribution is 2.26. The van der Waals surface area contributed by atoms with Gasteiger partial charge in [0.2, 0.25) is 11.8 Å². The third-order valence-electron chi connectivity index (χ3n) is 6.73. The minimum absolute atomic E-state index is 0.0527. The van der Waals surface area contributed by atoms with Crippen molar-refractivity contribution in [2.24, 2.45) is 0 Å². The Morgan fingerprint density at radius 2 is 1.59 bits per heavy atom. The first kappa shape index (κ1) is 32.0. The van der Waals surface area contributed by atoms with Gasteiger partial charge in [-0.2, -0.15) is 0 Å². The van der Waals surface area contributed by atoms with Crippen LogP contribution in [-0.2, 0) is 26.2 Å². The Kier molecular flexibility index (Phi) is 11.6. The number of ether oxygens (including phenoxy) is 1. The van der Waals surface area contributed by atoms with Crippen LogP contribution < -0.4 is 14.4 Å². The second-order valence-corrected chi connectivity index (χ2v) is 12.0. The molecule has 0 aliphatic carbocycles. The van der Waals surface area contributed by atoms with Crippen LogP contribution in [0, 0.1) is 6.92 Å². The summed E-state index contributed by atoms with van der Waals surface area (Å²) < 4.78 is 34.1. The zero-order chi connectivity index (χ0) is 30.0. The molecule has 0 spiro atoms. The molecular weight excluding hydrogens is 562 g/mol. The molecule has 0 heterocycles. The number of hydrogen-bond acceptors (Lipinski definition) is 5. The minimum Gasteiger partial charge on any atom is -0.497 e. The van der Waals surface area contributed by atoms with Crippen LogP contribution in [0.15, 0.2) is 77.7 Å². The topological polar surface area (TPSA) is 96.0 Å². The van der Waals surface area contributed by atoms with Crippen molar-refractivity contribution in [3.8, 4) is 5.75 Å². The first-order valence-corrected chi connectivity index (χ1v) is 15.5. The first-order valence-electron chi connectivity index (χ1n) is 13.7. The van der Waals surface area contributed by atoms with Crippen molar-refractivity contribution in [1.29, 1.82) is 0 Å². The lowest BCUT2D eigenvalue weighted by molar-refractivity contribution is -0.140. The lowest BCUT2D eigenvalue weighted by Gasteiger charge is -2.33. The molecule has 8 nitrogen and oxygen atoms in total. The molecule has 0 saturated heterocycles. The lowest BCUT2D eigenvalue weighted by Crippen LogP contribution is -2.52. The van der Waals surface area contributed by atoms with Crippen LogP contribution in [0.1, 0.15) is 44.2 Å². The maximum Gasteiger partial charge on any atom is 0.264 e. The summed E-state index contributed by atoms with van der Waals surface area (Å²) in [7, 11) is -2.57. The van der Waals surface area contributed by atoms with Crippen molar-refractivity contribution in [2.75, 3.05) is 24.5 Å². The number of unbranched alkanes of at least 4 members (excludes halogenated alkanes) is 1. The van der Waals surface area contributed by atoms with Crippen LogP contribution in [-0.4, -0.2) is 51.4 Å². The highest BCUT2D eigenvalue weighted by molar-refractivity contribution is 7.92. The van der Waals surface area contributed by atoms with Crippen molar-refractivity contribution in [3.05, 3.63) is 88.9 Å². The van der Waals surface area contributed by atoms with Crippen molar-refractivity contribution >= 4 is 39.1 Å². The largest absolute Gasteiger partial charge is 0.497 e. The highest BCUT2D eigenvalue weighted by atomic mass is 35.5. The molecule has 3 aromatic rings. The molecule has 0 aliphatic heterocycles. The number of anilines is 1. The van der Waals surface area contributed by atoms with Gasteiger partial charge in [0, 0.05) is 18.1 Å². The summed E-state index contributed by atoms with van der Waals surface area (Å²) in [6, 6.07) is 19.1. The first-order chi connectivity index (χ1) is 19.6. The van der Waals surface area contributed by atoms with Gasteiger partial charge in [0.05, 0.1) is 17.7 Å². The average molecular weight is 600 g/mol. The van der Waals surface area contributed by atoms with Gasteiger partial charge in [0.25, 0.3) is 10.0 Å². The minimum atomic E-state index is -4.14. The number of halogens is 1. The maximum absolute atomic E-state index is 14.1. The monoisotopic (exact) mass is 599 g/mol. The van der Waals surface area contributed by atoms with Crippen molar-refractivity contribution < 1.29 is 22.7 Å². The molecule has 0 aromatic heterocycles. The third kappa shape index (κ3) is 8.47. The van der Waals surface area contributed by atoms with E-state index in [9.17, 15) is 18.0 Å². The van der Waals surface area contributed by atoms with E-state index < -0.39 is 28.5 Å². The summed E-state index contributed by atoms with van der Waals surface area (Å²) in [5.41, 5.74) is 1.97.